The summed E-state index contributed by atoms with van der Waals surface area (Å²) < 4.78 is 0. The smallest absolute Gasteiger partial charge is 0.0302 e. The lowest BCUT2D eigenvalue weighted by molar-refractivity contribution is 0.216. The Morgan fingerprint density at radius 3 is 2.88 bits per heavy atom. The maximum Gasteiger partial charge on any atom is 0.0302 e. The Hall–Kier alpha value is -0.380. The molecule has 1 fully saturated rings. The lowest BCUT2D eigenvalue weighted by atomic mass is 9.97. The maximum atomic E-state index is 3.64. The fourth-order valence-electron chi connectivity index (χ4n) is 2.49. The Bertz CT molecular complexity index is 327. The molecule has 0 radical (unpaired) electrons. The molecule has 0 aromatic carbocycles. The standard InChI is InChI=1S/C14H24N2S/c1-3-13-6-9-17-14(13)11-15-10-12-4-7-16(2)8-5-12/h6,9,12,15H,3-5,7-8,10-11H2,1-2H3. The Morgan fingerprint density at radius 2 is 2.18 bits per heavy atom. The van der Waals surface area contributed by atoms with E-state index in [2.05, 4.69) is 35.6 Å². The summed E-state index contributed by atoms with van der Waals surface area (Å²) in [4.78, 5) is 3.96. The van der Waals surface area contributed by atoms with Gasteiger partial charge in [-0.15, -0.1) is 11.3 Å². The SMILES string of the molecule is CCc1ccsc1CNCC1CCN(C)CC1. The summed E-state index contributed by atoms with van der Waals surface area (Å²) >= 11 is 1.89. The van der Waals surface area contributed by atoms with Crippen LogP contribution in [0.3, 0.4) is 0 Å². The van der Waals surface area contributed by atoms with Gasteiger partial charge in [-0.05, 0) is 68.9 Å². The summed E-state index contributed by atoms with van der Waals surface area (Å²) in [6.45, 7) is 7.03. The van der Waals surface area contributed by atoms with Crippen LogP contribution >= 0.6 is 11.3 Å². The molecule has 0 saturated carbocycles. The minimum atomic E-state index is 0.885. The molecular weight excluding hydrogens is 228 g/mol. The fourth-order valence-corrected chi connectivity index (χ4v) is 3.44. The fraction of sp³-hybridized carbons (Fsp3) is 0.714. The van der Waals surface area contributed by atoms with Crippen molar-refractivity contribution in [2.75, 3.05) is 26.7 Å². The minimum Gasteiger partial charge on any atom is -0.312 e. The normalized spacial score (nSPS) is 18.7. The molecule has 1 saturated heterocycles. The van der Waals surface area contributed by atoms with E-state index < -0.39 is 0 Å². The summed E-state index contributed by atoms with van der Waals surface area (Å²) in [5.74, 6) is 0.885. The van der Waals surface area contributed by atoms with Crippen LogP contribution in [-0.2, 0) is 13.0 Å². The first-order valence-corrected chi connectivity index (χ1v) is 7.62. The van der Waals surface area contributed by atoms with Gasteiger partial charge in [0.05, 0.1) is 0 Å². The third-order valence-corrected chi connectivity index (χ3v) is 4.74. The molecule has 1 aliphatic heterocycles. The van der Waals surface area contributed by atoms with E-state index in [0.29, 0.717) is 0 Å². The van der Waals surface area contributed by atoms with E-state index >= 15 is 0 Å². The molecule has 0 unspecified atom stereocenters. The van der Waals surface area contributed by atoms with Crippen LogP contribution in [0, 0.1) is 5.92 Å². The molecular formula is C14H24N2S. The van der Waals surface area contributed by atoms with Crippen LogP contribution in [0.25, 0.3) is 0 Å². The van der Waals surface area contributed by atoms with Crippen molar-refractivity contribution in [1.82, 2.24) is 10.2 Å². The van der Waals surface area contributed by atoms with Crippen LogP contribution in [0.2, 0.25) is 0 Å². The van der Waals surface area contributed by atoms with Crippen LogP contribution < -0.4 is 5.32 Å². The highest BCUT2D eigenvalue weighted by Crippen LogP contribution is 2.18. The molecule has 2 rings (SSSR count). The molecule has 96 valence electrons. The van der Waals surface area contributed by atoms with Crippen molar-refractivity contribution in [2.45, 2.75) is 32.7 Å². The number of likely N-dealkylation sites (tertiary alicyclic amines) is 1. The third-order valence-electron chi connectivity index (χ3n) is 3.78. The molecule has 0 amide bonds. The van der Waals surface area contributed by atoms with Crippen molar-refractivity contribution < 1.29 is 0 Å². The number of nitrogens with one attached hydrogen (secondary N) is 1. The average molecular weight is 252 g/mol. The van der Waals surface area contributed by atoms with Gasteiger partial charge in [-0.25, -0.2) is 0 Å². The molecule has 1 aromatic rings. The second-order valence-corrected chi connectivity index (χ2v) is 6.10. The van der Waals surface area contributed by atoms with Gasteiger partial charge in [0.25, 0.3) is 0 Å². The van der Waals surface area contributed by atoms with E-state index in [9.17, 15) is 0 Å². The number of hydrogen-bond acceptors (Lipinski definition) is 3. The molecule has 0 bridgehead atoms. The zero-order valence-electron chi connectivity index (χ0n) is 11.0. The lowest BCUT2D eigenvalue weighted by Crippen LogP contribution is -2.34. The Morgan fingerprint density at radius 1 is 1.41 bits per heavy atom. The summed E-state index contributed by atoms with van der Waals surface area (Å²) in [7, 11) is 2.23. The highest BCUT2D eigenvalue weighted by Gasteiger charge is 2.16. The largest absolute Gasteiger partial charge is 0.312 e. The molecule has 1 N–H and O–H groups in total. The van der Waals surface area contributed by atoms with E-state index in [4.69, 9.17) is 0 Å². The first-order valence-electron chi connectivity index (χ1n) is 6.74. The van der Waals surface area contributed by atoms with Gasteiger partial charge in [0.15, 0.2) is 0 Å². The molecule has 1 aliphatic rings. The van der Waals surface area contributed by atoms with Gasteiger partial charge in [0.2, 0.25) is 0 Å². The van der Waals surface area contributed by atoms with Crippen LogP contribution in [0.5, 0.6) is 0 Å². The van der Waals surface area contributed by atoms with Crippen LogP contribution in [0.4, 0.5) is 0 Å². The predicted octanol–water partition coefficient (Wildman–Crippen LogP) is 2.74. The van der Waals surface area contributed by atoms with Crippen LogP contribution in [0.15, 0.2) is 11.4 Å². The minimum absolute atomic E-state index is 0.885. The Balaban J connectivity index is 1.69. The van der Waals surface area contributed by atoms with E-state index in [-0.39, 0.29) is 0 Å². The first kappa shape index (κ1) is 13.1. The number of hydrogen-bond donors (Lipinski definition) is 1. The highest BCUT2D eigenvalue weighted by atomic mass is 32.1. The average Bonchev–Trinajstić information content (AvgIpc) is 2.79. The van der Waals surface area contributed by atoms with Gasteiger partial charge in [0, 0.05) is 11.4 Å². The van der Waals surface area contributed by atoms with Crippen molar-refractivity contribution in [3.05, 3.63) is 21.9 Å². The van der Waals surface area contributed by atoms with E-state index in [0.717, 1.165) is 18.9 Å². The summed E-state index contributed by atoms with van der Waals surface area (Å²) in [5.41, 5.74) is 1.52. The number of piperidine rings is 1. The molecule has 0 spiro atoms. The summed E-state index contributed by atoms with van der Waals surface area (Å²) in [5, 5.41) is 5.85. The second-order valence-electron chi connectivity index (χ2n) is 5.10. The highest BCUT2D eigenvalue weighted by molar-refractivity contribution is 7.10. The summed E-state index contributed by atoms with van der Waals surface area (Å²) in [6, 6.07) is 2.26. The van der Waals surface area contributed by atoms with Gasteiger partial charge in [-0.3, -0.25) is 0 Å². The van der Waals surface area contributed by atoms with Gasteiger partial charge < -0.3 is 10.2 Å². The summed E-state index contributed by atoms with van der Waals surface area (Å²) in [6.07, 6.45) is 3.87. The van der Waals surface area contributed by atoms with Gasteiger partial charge >= 0.3 is 0 Å². The zero-order chi connectivity index (χ0) is 12.1. The van der Waals surface area contributed by atoms with Gasteiger partial charge in [0.1, 0.15) is 0 Å². The molecule has 0 aliphatic carbocycles. The number of rotatable bonds is 5. The third kappa shape index (κ3) is 3.80. The quantitative estimate of drug-likeness (QED) is 0.867. The first-order chi connectivity index (χ1) is 8.29. The molecule has 2 nitrogen and oxygen atoms in total. The molecule has 3 heteroatoms. The van der Waals surface area contributed by atoms with Crippen molar-refractivity contribution in [2.24, 2.45) is 5.92 Å². The van der Waals surface area contributed by atoms with Crippen molar-refractivity contribution in [1.29, 1.82) is 0 Å². The lowest BCUT2D eigenvalue weighted by Gasteiger charge is -2.29. The molecule has 2 heterocycles. The molecule has 17 heavy (non-hydrogen) atoms. The number of nitrogens with zero attached hydrogens (tertiary/aromatic N) is 1. The van der Waals surface area contributed by atoms with E-state index in [1.165, 1.54) is 42.9 Å². The zero-order valence-corrected chi connectivity index (χ0v) is 11.9. The topological polar surface area (TPSA) is 15.3 Å². The van der Waals surface area contributed by atoms with E-state index in [1.54, 1.807) is 0 Å². The van der Waals surface area contributed by atoms with Gasteiger partial charge in [-0.2, -0.15) is 0 Å². The Kier molecular flexibility index (Phi) is 5.01. The van der Waals surface area contributed by atoms with Crippen molar-refractivity contribution >= 4 is 11.3 Å². The predicted molar refractivity (Wildman–Crippen MR) is 75.6 cm³/mol. The number of aryl methyl sites for hydroxylation is 1. The van der Waals surface area contributed by atoms with E-state index in [1.807, 2.05) is 11.3 Å². The van der Waals surface area contributed by atoms with Crippen LogP contribution in [-0.4, -0.2) is 31.6 Å². The maximum absolute atomic E-state index is 3.64. The monoisotopic (exact) mass is 252 g/mol. The number of thiophene rings is 1. The van der Waals surface area contributed by atoms with Gasteiger partial charge in [-0.1, -0.05) is 6.92 Å². The molecule has 0 atom stereocenters. The molecule has 1 aromatic heterocycles. The van der Waals surface area contributed by atoms with Crippen molar-refractivity contribution in [3.8, 4) is 0 Å². The van der Waals surface area contributed by atoms with Crippen molar-refractivity contribution in [3.63, 3.8) is 0 Å². The Labute approximate surface area is 109 Å². The van der Waals surface area contributed by atoms with Crippen LogP contribution in [0.1, 0.15) is 30.2 Å². The second kappa shape index (κ2) is 6.53.